The molecule has 0 fully saturated rings. The largest absolute Gasteiger partial charge is 0.300 e. The first-order valence-corrected chi connectivity index (χ1v) is 2.62. The van der Waals surface area contributed by atoms with Crippen molar-refractivity contribution in [3.8, 4) is 0 Å². The zero-order valence-corrected chi connectivity index (χ0v) is 7.69. The summed E-state index contributed by atoms with van der Waals surface area (Å²) in [6.45, 7) is 5.45. The Hall–Kier alpha value is 0.553. The molecule has 8 heavy (non-hydrogen) atoms. The summed E-state index contributed by atoms with van der Waals surface area (Å²) in [4.78, 5) is 10.3. The Balaban J connectivity index is 0. The second-order valence-electron chi connectivity index (χ2n) is 1.54. The van der Waals surface area contributed by atoms with Gasteiger partial charge in [0.15, 0.2) is 0 Å². The Labute approximate surface area is 70.0 Å². The fraction of sp³-hybridized carbons (Fsp3) is 0.667. The summed E-state index contributed by atoms with van der Waals surface area (Å²) in [5.41, 5.74) is 0. The molecule has 2 heteroatoms. The number of Topliss-reactive ketones (excluding diaryl/α,β-unsaturated/α-hetero) is 1. The van der Waals surface area contributed by atoms with Crippen LogP contribution in [0.15, 0.2) is 0 Å². The van der Waals surface area contributed by atoms with Crippen LogP contribution >= 0.6 is 0 Å². The number of carbonyl (C=O) groups excluding carboxylic acids is 1. The van der Waals surface area contributed by atoms with Gasteiger partial charge in [0.25, 0.3) is 0 Å². The summed E-state index contributed by atoms with van der Waals surface area (Å²) in [5.74, 6) is 0.266. The minimum Gasteiger partial charge on any atom is -0.300 e. The summed E-state index contributed by atoms with van der Waals surface area (Å²) < 4.78 is 0. The van der Waals surface area contributed by atoms with Gasteiger partial charge in [0.05, 0.1) is 0 Å². The van der Waals surface area contributed by atoms with Crippen LogP contribution in [0.4, 0.5) is 0 Å². The van der Waals surface area contributed by atoms with Gasteiger partial charge in [-0.3, -0.25) is 4.79 Å². The Kier molecular flexibility index (Phi) is 10.7. The van der Waals surface area contributed by atoms with E-state index in [2.05, 4.69) is 6.92 Å². The van der Waals surface area contributed by atoms with E-state index in [9.17, 15) is 4.79 Å². The first-order valence-electron chi connectivity index (χ1n) is 2.62. The van der Waals surface area contributed by atoms with E-state index in [-0.39, 0.29) is 32.0 Å². The smallest absolute Gasteiger partial charge is 0.132 e. The van der Waals surface area contributed by atoms with E-state index in [1.165, 1.54) is 0 Å². The molecule has 1 nitrogen and oxygen atoms in total. The van der Waals surface area contributed by atoms with Crippen molar-refractivity contribution < 1.29 is 31.0 Å². The summed E-state index contributed by atoms with van der Waals surface area (Å²) in [6, 6.07) is 0. The monoisotopic (exact) mass is 189 g/mol. The summed E-state index contributed by atoms with van der Waals surface area (Å²) in [7, 11) is 0. The van der Waals surface area contributed by atoms with Crippen LogP contribution in [0.3, 0.4) is 0 Å². The third-order valence-electron chi connectivity index (χ3n) is 0.808. The summed E-state index contributed by atoms with van der Waals surface area (Å²) >= 11 is 0. The maximum absolute atomic E-state index is 10.3. The maximum atomic E-state index is 10.3. The van der Waals surface area contributed by atoms with E-state index in [0.29, 0.717) is 12.8 Å². The number of ketones is 1. The van der Waals surface area contributed by atoms with Crippen molar-refractivity contribution >= 4 is 5.78 Å². The zero-order chi connectivity index (χ0) is 5.70. The van der Waals surface area contributed by atoms with Gasteiger partial charge in [0.2, 0.25) is 0 Å². The van der Waals surface area contributed by atoms with Gasteiger partial charge in [-0.25, -0.2) is 0 Å². The number of rotatable bonds is 3. The van der Waals surface area contributed by atoms with Gasteiger partial charge in [-0.05, 0) is 13.3 Å². The van der Waals surface area contributed by atoms with E-state index in [1.807, 2.05) is 6.92 Å². The van der Waals surface area contributed by atoms with Crippen LogP contribution in [0.2, 0.25) is 0 Å². The Morgan fingerprint density at radius 3 is 2.25 bits per heavy atom. The average Bonchev–Trinajstić information content (AvgIpc) is 1.68. The third-order valence-corrected chi connectivity index (χ3v) is 0.808. The molecule has 0 spiro atoms. The average molecular weight is 190 g/mol. The fourth-order valence-electron chi connectivity index (χ4n) is 0.404. The molecular weight excluding hydrogens is 179 g/mol. The van der Waals surface area contributed by atoms with Crippen LogP contribution in [-0.2, 0) is 31.0 Å². The van der Waals surface area contributed by atoms with Crippen molar-refractivity contribution in [2.45, 2.75) is 26.2 Å². The van der Waals surface area contributed by atoms with Crippen molar-refractivity contribution in [3.63, 3.8) is 0 Å². The predicted molar refractivity (Wildman–Crippen MR) is 29.9 cm³/mol. The molecule has 45 valence electrons. The van der Waals surface area contributed by atoms with E-state index < -0.39 is 0 Å². The van der Waals surface area contributed by atoms with Gasteiger partial charge >= 0.3 is 0 Å². The van der Waals surface area contributed by atoms with Crippen molar-refractivity contribution in [2.75, 3.05) is 0 Å². The Morgan fingerprint density at radius 2 is 2.12 bits per heavy atom. The van der Waals surface area contributed by atoms with E-state index in [1.54, 1.807) is 0 Å². The molecule has 0 bridgehead atoms. The standard InChI is InChI=1S/C6H11O.Zr/c1-3-5-6(7)4-2;/h2-5H2,1H3;. The number of carbonyl (C=O) groups is 1. The van der Waals surface area contributed by atoms with Crippen LogP contribution < -0.4 is 0 Å². The molecule has 0 amide bonds. The molecule has 0 aliphatic heterocycles. The molecule has 0 aromatic rings. The zero-order valence-electron chi connectivity index (χ0n) is 5.24. The molecule has 0 aromatic heterocycles. The molecule has 0 saturated heterocycles. The Bertz CT molecular complexity index is 61.5. The Morgan fingerprint density at radius 1 is 1.62 bits per heavy atom. The van der Waals surface area contributed by atoms with E-state index in [0.717, 1.165) is 6.42 Å². The predicted octanol–water partition coefficient (Wildman–Crippen LogP) is 1.58. The quantitative estimate of drug-likeness (QED) is 0.660. The molecule has 1 radical (unpaired) electrons. The second-order valence-corrected chi connectivity index (χ2v) is 1.54. The molecule has 0 rings (SSSR count). The van der Waals surface area contributed by atoms with E-state index >= 15 is 0 Å². The summed E-state index contributed by atoms with van der Waals surface area (Å²) in [5, 5.41) is 0. The van der Waals surface area contributed by atoms with Crippen LogP contribution in [-0.4, -0.2) is 5.78 Å². The molecule has 0 aliphatic rings. The first-order chi connectivity index (χ1) is 3.31. The van der Waals surface area contributed by atoms with Gasteiger partial charge in [0, 0.05) is 39.0 Å². The molecular formula is C6H11OZr. The topological polar surface area (TPSA) is 17.1 Å². The van der Waals surface area contributed by atoms with Crippen LogP contribution in [0, 0.1) is 6.92 Å². The van der Waals surface area contributed by atoms with Crippen molar-refractivity contribution in [3.05, 3.63) is 6.92 Å². The number of hydrogen-bond acceptors (Lipinski definition) is 1. The van der Waals surface area contributed by atoms with Crippen molar-refractivity contribution in [1.29, 1.82) is 0 Å². The van der Waals surface area contributed by atoms with Gasteiger partial charge in [0.1, 0.15) is 5.78 Å². The summed E-state index contributed by atoms with van der Waals surface area (Å²) in [6.07, 6.45) is 2.10. The SMILES string of the molecule is [CH2]CC(=O)CCC.[Zr]. The molecule has 0 heterocycles. The molecule has 0 saturated carbocycles. The minimum atomic E-state index is 0. The molecule has 0 atom stereocenters. The normalized spacial score (nSPS) is 7.75. The van der Waals surface area contributed by atoms with Crippen LogP contribution in [0.1, 0.15) is 26.2 Å². The molecule has 0 aliphatic carbocycles. The molecule has 0 N–H and O–H groups in total. The first kappa shape index (κ1) is 11.4. The third kappa shape index (κ3) is 6.55. The van der Waals surface area contributed by atoms with Crippen LogP contribution in [0.25, 0.3) is 0 Å². The fourth-order valence-corrected chi connectivity index (χ4v) is 0.404. The van der Waals surface area contributed by atoms with Gasteiger partial charge in [-0.15, -0.1) is 0 Å². The molecule has 0 unspecified atom stereocenters. The minimum absolute atomic E-state index is 0. The van der Waals surface area contributed by atoms with Gasteiger partial charge in [-0.2, -0.15) is 0 Å². The number of hydrogen-bond donors (Lipinski definition) is 0. The van der Waals surface area contributed by atoms with Crippen molar-refractivity contribution in [2.24, 2.45) is 0 Å². The van der Waals surface area contributed by atoms with Gasteiger partial charge < -0.3 is 0 Å². The van der Waals surface area contributed by atoms with Crippen LogP contribution in [0.5, 0.6) is 0 Å². The van der Waals surface area contributed by atoms with Crippen molar-refractivity contribution in [1.82, 2.24) is 0 Å². The maximum Gasteiger partial charge on any atom is 0.132 e. The second kappa shape index (κ2) is 7.55. The van der Waals surface area contributed by atoms with E-state index in [4.69, 9.17) is 0 Å². The molecule has 0 aromatic carbocycles. The van der Waals surface area contributed by atoms with Gasteiger partial charge in [-0.1, -0.05) is 6.92 Å².